The molecule has 1 fully saturated rings. The fourth-order valence-electron chi connectivity index (χ4n) is 4.44. The summed E-state index contributed by atoms with van der Waals surface area (Å²) in [6, 6.07) is 12.7. The summed E-state index contributed by atoms with van der Waals surface area (Å²) in [6.07, 6.45) is 5.26. The molecule has 0 aromatic heterocycles. The number of Topliss-reactive ketones (excluding diaryl/α,β-unsaturated/α-hetero) is 1. The monoisotopic (exact) mass is 542 g/mol. The molecule has 2 aromatic rings. The van der Waals surface area contributed by atoms with Gasteiger partial charge < -0.3 is 20.0 Å². The van der Waals surface area contributed by atoms with Crippen LogP contribution in [-0.4, -0.2) is 57.9 Å². The van der Waals surface area contributed by atoms with Gasteiger partial charge in [-0.15, -0.1) is 0 Å². The molecule has 1 aliphatic heterocycles. The molecular weight excluding hydrogens is 508 g/mol. The van der Waals surface area contributed by atoms with Gasteiger partial charge in [-0.3, -0.25) is 9.59 Å². The van der Waals surface area contributed by atoms with E-state index < -0.39 is 17.7 Å². The number of carbonyl (C=O) groups is 2. The van der Waals surface area contributed by atoms with Crippen molar-refractivity contribution >= 4 is 33.4 Å². The Labute approximate surface area is 216 Å². The van der Waals surface area contributed by atoms with E-state index in [1.165, 1.54) is 12.1 Å². The number of hydrogen-bond donors (Lipinski definition) is 2. The lowest BCUT2D eigenvalue weighted by atomic mass is 9.95. The number of benzene rings is 2. The highest BCUT2D eigenvalue weighted by atomic mass is 79.9. The molecule has 7 heteroatoms. The number of aliphatic hydroxyl groups is 1. The van der Waals surface area contributed by atoms with Crippen LogP contribution in [0.2, 0.25) is 0 Å². The summed E-state index contributed by atoms with van der Waals surface area (Å²) in [6.45, 7) is 7.67. The number of unbranched alkanes of at least 4 members (excludes halogenated alkanes) is 2. The van der Waals surface area contributed by atoms with Gasteiger partial charge >= 0.3 is 0 Å². The maximum absolute atomic E-state index is 13.1. The minimum Gasteiger partial charge on any atom is -0.508 e. The molecule has 0 spiro atoms. The van der Waals surface area contributed by atoms with Crippen molar-refractivity contribution in [2.45, 2.75) is 52.0 Å². The smallest absolute Gasteiger partial charge is 0.295 e. The summed E-state index contributed by atoms with van der Waals surface area (Å²) in [4.78, 5) is 30.3. The number of likely N-dealkylation sites (tertiary alicyclic amines) is 1. The molecule has 1 amide bonds. The second kappa shape index (κ2) is 12.9. The van der Waals surface area contributed by atoms with Gasteiger partial charge in [-0.25, -0.2) is 0 Å². The number of halogens is 1. The summed E-state index contributed by atoms with van der Waals surface area (Å²) in [5, 5.41) is 20.9. The van der Waals surface area contributed by atoms with Gasteiger partial charge in [0.05, 0.1) is 11.6 Å². The van der Waals surface area contributed by atoms with E-state index in [-0.39, 0.29) is 17.1 Å². The SMILES string of the molecule is CCCCN(CCCC)CCCN1C(=O)C(=O)/C(=C(\O)c2ccc(Br)cc2)C1c1ccc(O)cc1. The number of ketones is 1. The van der Waals surface area contributed by atoms with Crippen LogP contribution in [0.25, 0.3) is 5.76 Å². The first-order valence-electron chi connectivity index (χ1n) is 12.4. The number of nitrogens with zero attached hydrogens (tertiary/aromatic N) is 2. The van der Waals surface area contributed by atoms with E-state index >= 15 is 0 Å². The lowest BCUT2D eigenvalue weighted by molar-refractivity contribution is -0.140. The third-order valence-electron chi connectivity index (χ3n) is 6.40. The molecule has 0 bridgehead atoms. The molecule has 1 saturated heterocycles. The number of phenols is 1. The maximum Gasteiger partial charge on any atom is 0.295 e. The third kappa shape index (κ3) is 6.73. The molecule has 0 radical (unpaired) electrons. The number of hydrogen-bond acceptors (Lipinski definition) is 5. The summed E-state index contributed by atoms with van der Waals surface area (Å²) in [5.41, 5.74) is 1.23. The second-order valence-corrected chi connectivity index (χ2v) is 9.91. The Morgan fingerprint density at radius 1 is 0.914 bits per heavy atom. The van der Waals surface area contributed by atoms with Crippen LogP contribution in [0, 0.1) is 0 Å². The van der Waals surface area contributed by atoms with Crippen molar-refractivity contribution in [1.82, 2.24) is 9.80 Å². The fraction of sp³-hybridized carbons (Fsp3) is 0.429. The Bertz CT molecular complexity index is 1030. The average molecular weight is 544 g/mol. The van der Waals surface area contributed by atoms with E-state index in [0.717, 1.165) is 56.2 Å². The highest BCUT2D eigenvalue weighted by Gasteiger charge is 2.45. The highest BCUT2D eigenvalue weighted by Crippen LogP contribution is 2.40. The third-order valence-corrected chi connectivity index (χ3v) is 6.92. The summed E-state index contributed by atoms with van der Waals surface area (Å²) in [5.74, 6) is -1.38. The normalized spacial score (nSPS) is 17.5. The van der Waals surface area contributed by atoms with E-state index in [9.17, 15) is 19.8 Å². The van der Waals surface area contributed by atoms with E-state index in [2.05, 4.69) is 34.7 Å². The molecule has 2 N–H and O–H groups in total. The zero-order valence-electron chi connectivity index (χ0n) is 20.5. The Morgan fingerprint density at radius 2 is 1.49 bits per heavy atom. The van der Waals surface area contributed by atoms with Crippen molar-refractivity contribution in [1.29, 1.82) is 0 Å². The first-order chi connectivity index (χ1) is 16.9. The zero-order valence-corrected chi connectivity index (χ0v) is 22.1. The average Bonchev–Trinajstić information content (AvgIpc) is 3.10. The molecule has 35 heavy (non-hydrogen) atoms. The van der Waals surface area contributed by atoms with Gasteiger partial charge in [0.25, 0.3) is 11.7 Å². The van der Waals surface area contributed by atoms with Crippen molar-refractivity contribution < 1.29 is 19.8 Å². The number of carbonyl (C=O) groups excluding carboxylic acids is 2. The number of phenolic OH excluding ortho intramolecular Hbond substituents is 1. The zero-order chi connectivity index (χ0) is 25.4. The second-order valence-electron chi connectivity index (χ2n) is 8.99. The van der Waals surface area contributed by atoms with E-state index in [1.54, 1.807) is 41.3 Å². The predicted molar refractivity (Wildman–Crippen MR) is 142 cm³/mol. The van der Waals surface area contributed by atoms with Gasteiger partial charge in [-0.1, -0.05) is 66.9 Å². The number of aromatic hydroxyl groups is 1. The minimum absolute atomic E-state index is 0.0804. The molecular formula is C28H35BrN2O4. The Kier molecular flexibility index (Phi) is 9.93. The number of amides is 1. The summed E-state index contributed by atoms with van der Waals surface area (Å²) >= 11 is 3.38. The van der Waals surface area contributed by atoms with Crippen LogP contribution in [0.4, 0.5) is 0 Å². The molecule has 188 valence electrons. The van der Waals surface area contributed by atoms with Gasteiger partial charge in [-0.2, -0.15) is 0 Å². The largest absolute Gasteiger partial charge is 0.508 e. The summed E-state index contributed by atoms with van der Waals surface area (Å²) < 4.78 is 0.847. The van der Waals surface area contributed by atoms with Crippen LogP contribution in [0.15, 0.2) is 58.6 Å². The van der Waals surface area contributed by atoms with Crippen LogP contribution >= 0.6 is 15.9 Å². The van der Waals surface area contributed by atoms with Gasteiger partial charge in [0.1, 0.15) is 11.5 Å². The van der Waals surface area contributed by atoms with Crippen LogP contribution in [0.5, 0.6) is 5.75 Å². The lowest BCUT2D eigenvalue weighted by Crippen LogP contribution is -2.34. The van der Waals surface area contributed by atoms with Crippen LogP contribution in [0.1, 0.15) is 63.1 Å². The quantitative estimate of drug-likeness (QED) is 0.199. The molecule has 1 heterocycles. The maximum atomic E-state index is 13.1. The highest BCUT2D eigenvalue weighted by molar-refractivity contribution is 9.10. The first-order valence-corrected chi connectivity index (χ1v) is 13.2. The molecule has 1 unspecified atom stereocenters. The number of rotatable bonds is 12. The molecule has 0 aliphatic carbocycles. The molecule has 0 saturated carbocycles. The van der Waals surface area contributed by atoms with Gasteiger partial charge in [0.2, 0.25) is 0 Å². The fourth-order valence-corrected chi connectivity index (χ4v) is 4.70. The number of aliphatic hydroxyl groups excluding tert-OH is 1. The molecule has 3 rings (SSSR count). The molecule has 6 nitrogen and oxygen atoms in total. The standard InChI is InChI=1S/C28H35BrN2O4/c1-3-5-16-30(17-6-4-2)18-7-19-31-25(20-10-14-23(32)15-11-20)24(27(34)28(31)35)26(33)21-8-12-22(29)13-9-21/h8-15,25,32-33H,3-7,16-19H2,1-2H3/b26-24-. The van der Waals surface area contributed by atoms with Crippen molar-refractivity contribution in [2.75, 3.05) is 26.2 Å². The van der Waals surface area contributed by atoms with Crippen LogP contribution in [0.3, 0.4) is 0 Å². The summed E-state index contributed by atoms with van der Waals surface area (Å²) in [7, 11) is 0. The van der Waals surface area contributed by atoms with Crippen molar-refractivity contribution in [3.8, 4) is 5.75 Å². The van der Waals surface area contributed by atoms with Crippen LogP contribution < -0.4 is 0 Å². The minimum atomic E-state index is -0.709. The van der Waals surface area contributed by atoms with E-state index in [1.807, 2.05) is 0 Å². The van der Waals surface area contributed by atoms with E-state index in [0.29, 0.717) is 17.7 Å². The first kappa shape index (κ1) is 27.0. The Morgan fingerprint density at radius 3 is 2.06 bits per heavy atom. The molecule has 2 aromatic carbocycles. The Hall–Kier alpha value is -2.64. The lowest BCUT2D eigenvalue weighted by Gasteiger charge is -2.27. The van der Waals surface area contributed by atoms with Gasteiger partial charge in [0, 0.05) is 16.6 Å². The molecule has 1 atom stereocenters. The molecule has 1 aliphatic rings. The van der Waals surface area contributed by atoms with Gasteiger partial charge in [0.15, 0.2) is 0 Å². The van der Waals surface area contributed by atoms with Crippen LogP contribution in [-0.2, 0) is 9.59 Å². The van der Waals surface area contributed by atoms with E-state index in [4.69, 9.17) is 0 Å². The topological polar surface area (TPSA) is 81.1 Å². The predicted octanol–water partition coefficient (Wildman–Crippen LogP) is 5.87. The van der Waals surface area contributed by atoms with Gasteiger partial charge in [-0.05, 0) is 68.7 Å². The van der Waals surface area contributed by atoms with Crippen molar-refractivity contribution in [3.63, 3.8) is 0 Å². The van der Waals surface area contributed by atoms with Crippen molar-refractivity contribution in [2.24, 2.45) is 0 Å². The van der Waals surface area contributed by atoms with Crippen molar-refractivity contribution in [3.05, 3.63) is 69.7 Å². The Balaban J connectivity index is 1.90.